The first-order valence-corrected chi connectivity index (χ1v) is 18.8. The maximum atomic E-state index is 15.6. The number of hydrogen-bond donors (Lipinski definition) is 2. The van der Waals surface area contributed by atoms with Gasteiger partial charge in [0.25, 0.3) is 5.92 Å². The molecule has 2 N–H and O–H groups in total. The van der Waals surface area contributed by atoms with Gasteiger partial charge in [-0.2, -0.15) is 8.78 Å². The number of carbonyl (C=O) groups is 2. The normalized spacial score (nSPS) is 18.6. The maximum absolute atomic E-state index is 15.6. The van der Waals surface area contributed by atoms with Crippen LogP contribution in [0.4, 0.5) is 39.9 Å². The number of benzene rings is 2. The van der Waals surface area contributed by atoms with Crippen molar-refractivity contribution in [2.75, 3.05) is 26.2 Å². The molecule has 5 rings (SSSR count). The molecule has 1 amide bonds. The van der Waals surface area contributed by atoms with E-state index in [1.807, 2.05) is 18.9 Å². The largest absolute Gasteiger partial charge is 0.463 e. The fourth-order valence-corrected chi connectivity index (χ4v) is 7.08. The van der Waals surface area contributed by atoms with Crippen LogP contribution in [-0.2, 0) is 18.8 Å². The van der Waals surface area contributed by atoms with Gasteiger partial charge in [-0.1, -0.05) is 31.5 Å². The van der Waals surface area contributed by atoms with Gasteiger partial charge in [0.05, 0.1) is 24.8 Å². The number of aliphatic imine (C=N–C) groups is 1. The third kappa shape index (κ3) is 10.2. The summed E-state index contributed by atoms with van der Waals surface area (Å²) in [7, 11) is -3.42. The summed E-state index contributed by atoms with van der Waals surface area (Å²) >= 11 is 7.52. The first-order valence-electron chi connectivity index (χ1n) is 16.3. The lowest BCUT2D eigenvalue weighted by atomic mass is 9.95. The molecule has 0 radical (unpaired) electrons. The van der Waals surface area contributed by atoms with Crippen LogP contribution in [0.5, 0.6) is 5.75 Å². The zero-order valence-corrected chi connectivity index (χ0v) is 32.0. The number of thiazole rings is 1. The minimum atomic E-state index is -3.81. The van der Waals surface area contributed by atoms with Gasteiger partial charge in [-0.25, -0.2) is 46.0 Å². The second kappa shape index (κ2) is 18.7. The summed E-state index contributed by atoms with van der Waals surface area (Å²) in [5, 5.41) is 6.65. The molecular formula is C33H33ClF8N5O6PS. The number of halogens is 9. The summed E-state index contributed by atoms with van der Waals surface area (Å²) in [6.07, 6.45) is -2.96. The monoisotopic (exact) mass is 845 g/mol. The molecule has 2 aromatic carbocycles. The quantitative estimate of drug-likeness (QED) is 0.0609. The van der Waals surface area contributed by atoms with E-state index in [2.05, 4.69) is 15.3 Å². The van der Waals surface area contributed by atoms with Crippen molar-refractivity contribution >= 4 is 49.4 Å². The smallest absolute Gasteiger partial charge is 0.414 e. The lowest BCUT2D eigenvalue weighted by molar-refractivity contribution is -0.139. The van der Waals surface area contributed by atoms with Crippen molar-refractivity contribution in [2.45, 2.75) is 58.8 Å². The summed E-state index contributed by atoms with van der Waals surface area (Å²) in [6, 6.07) is 2.16. The number of likely N-dealkylation sites (tertiary alicyclic amines) is 1. The fourth-order valence-electron chi connectivity index (χ4n) is 5.10. The molecule has 1 fully saturated rings. The summed E-state index contributed by atoms with van der Waals surface area (Å²) < 4.78 is 136. The zero-order valence-electron chi connectivity index (χ0n) is 29.5. The van der Waals surface area contributed by atoms with Crippen molar-refractivity contribution in [3.8, 4) is 5.75 Å². The molecule has 0 saturated carbocycles. The second-order valence-corrected chi connectivity index (χ2v) is 13.9. The van der Waals surface area contributed by atoms with Gasteiger partial charge in [0.15, 0.2) is 10.8 Å². The Hall–Kier alpha value is -4.10. The molecule has 0 bridgehead atoms. The molecule has 300 valence electrons. The minimum absolute atomic E-state index is 0.00375. The lowest BCUT2D eigenvalue weighted by Gasteiger charge is -2.29. The highest BCUT2D eigenvalue weighted by atomic mass is 35.5. The number of ether oxygens (including phenoxy) is 2. The van der Waals surface area contributed by atoms with E-state index in [9.17, 15) is 35.9 Å². The number of aromatic nitrogens is 1. The molecule has 0 spiro atoms. The third-order valence-electron chi connectivity index (χ3n) is 7.32. The molecule has 22 heteroatoms. The van der Waals surface area contributed by atoms with Gasteiger partial charge < -0.3 is 19.3 Å². The van der Waals surface area contributed by atoms with Crippen LogP contribution >= 0.6 is 31.5 Å². The van der Waals surface area contributed by atoms with E-state index in [1.165, 1.54) is 33.0 Å². The van der Waals surface area contributed by atoms with Crippen molar-refractivity contribution in [2.24, 2.45) is 4.99 Å². The van der Waals surface area contributed by atoms with E-state index in [1.54, 1.807) is 5.38 Å². The van der Waals surface area contributed by atoms with Gasteiger partial charge in [-0.05, 0) is 32.9 Å². The first-order chi connectivity index (χ1) is 26.0. The van der Waals surface area contributed by atoms with Crippen LogP contribution in [0.15, 0.2) is 46.0 Å². The second-order valence-electron chi connectivity index (χ2n) is 11.5. The van der Waals surface area contributed by atoms with Gasteiger partial charge >= 0.3 is 20.6 Å². The number of nitrogens with one attached hydrogen (secondary N) is 2. The SMILES string of the molecule is CC.CCOC(=O)C1=C(CN2CC(OP(NC(=O)OC(C)C)Oc3c(F)c(F)c(F)c(F)c3F)C(F)(F)C2)NC(c2nccs2)=N[C@H]1c1ccc(F)cc1Cl. The van der Waals surface area contributed by atoms with Gasteiger partial charge in [-0.3, -0.25) is 14.4 Å². The van der Waals surface area contributed by atoms with Gasteiger partial charge in [-0.15, -0.1) is 11.3 Å². The molecule has 11 nitrogen and oxygen atoms in total. The summed E-state index contributed by atoms with van der Waals surface area (Å²) in [5.74, 6) is -19.4. The van der Waals surface area contributed by atoms with Crippen LogP contribution in [0.3, 0.4) is 0 Å². The van der Waals surface area contributed by atoms with Gasteiger partial charge in [0.2, 0.25) is 34.8 Å². The number of esters is 1. The Morgan fingerprint density at radius 3 is 2.33 bits per heavy atom. The number of carbonyl (C=O) groups excluding carboxylic acids is 2. The van der Waals surface area contributed by atoms with E-state index < -0.39 is 105 Å². The molecule has 3 atom stereocenters. The molecule has 1 aromatic heterocycles. The summed E-state index contributed by atoms with van der Waals surface area (Å²) in [6.45, 7) is 5.98. The van der Waals surface area contributed by atoms with Crippen molar-refractivity contribution in [3.63, 3.8) is 0 Å². The van der Waals surface area contributed by atoms with E-state index in [-0.39, 0.29) is 34.3 Å². The molecule has 2 unspecified atom stereocenters. The van der Waals surface area contributed by atoms with E-state index >= 15 is 8.78 Å². The molecule has 2 aliphatic heterocycles. The standard InChI is InChI=1S/C31H27ClF8N5O6PS.C2H6/c1-4-48-29(46)19-17(42-27(28-41-7-8-53-28)43-25(19)15-6-5-14(33)9-16(15)32)10-45-11-18(31(39,40)12-45)50-52(44-30(47)49-13(2)3)51-26-23(37)21(35)20(34)22(36)24(26)38;1-2/h5-9,13,18,25H,4,10-12H2,1-3H3,(H,42,43)(H,44,47);1-2H3/t18?,25-,52?;/m0./s1. The van der Waals surface area contributed by atoms with E-state index in [0.717, 1.165) is 28.4 Å². The topological polar surface area (TPSA) is 124 Å². The van der Waals surface area contributed by atoms with Crippen molar-refractivity contribution in [1.29, 1.82) is 0 Å². The lowest BCUT2D eigenvalue weighted by Crippen LogP contribution is -2.39. The Labute approximate surface area is 319 Å². The zero-order chi connectivity index (χ0) is 40.8. The molecule has 2 aliphatic rings. The first kappa shape index (κ1) is 43.6. The number of nitrogens with zero attached hydrogens (tertiary/aromatic N) is 3. The van der Waals surface area contributed by atoms with Crippen LogP contribution in [0.25, 0.3) is 0 Å². The van der Waals surface area contributed by atoms with E-state index in [4.69, 9.17) is 30.1 Å². The van der Waals surface area contributed by atoms with Gasteiger partial charge in [0, 0.05) is 40.9 Å². The van der Waals surface area contributed by atoms with Crippen molar-refractivity contribution in [1.82, 2.24) is 20.3 Å². The minimum Gasteiger partial charge on any atom is -0.463 e. The van der Waals surface area contributed by atoms with Crippen molar-refractivity contribution < 1.29 is 63.2 Å². The molecule has 55 heavy (non-hydrogen) atoms. The Balaban J connectivity index is 0.00000331. The maximum Gasteiger partial charge on any atom is 0.414 e. The molecule has 1 saturated heterocycles. The Morgan fingerprint density at radius 1 is 1.09 bits per heavy atom. The number of amides is 1. The number of rotatable bonds is 12. The average molecular weight is 846 g/mol. The number of hydrogen-bond acceptors (Lipinski definition) is 11. The van der Waals surface area contributed by atoms with Gasteiger partial charge in [0.1, 0.15) is 18.0 Å². The molecule has 3 aromatic rings. The van der Waals surface area contributed by atoms with Crippen LogP contribution in [0.1, 0.15) is 51.2 Å². The highest BCUT2D eigenvalue weighted by Crippen LogP contribution is 2.45. The Kier molecular flexibility index (Phi) is 14.8. The van der Waals surface area contributed by atoms with Crippen LogP contribution in [0.2, 0.25) is 5.02 Å². The predicted octanol–water partition coefficient (Wildman–Crippen LogP) is 8.34. The van der Waals surface area contributed by atoms with E-state index in [0.29, 0.717) is 5.01 Å². The summed E-state index contributed by atoms with van der Waals surface area (Å²) in [5.41, 5.74) is 0.0137. The predicted molar refractivity (Wildman–Crippen MR) is 186 cm³/mol. The molecule has 0 aliphatic carbocycles. The summed E-state index contributed by atoms with van der Waals surface area (Å²) in [4.78, 5) is 35.7. The van der Waals surface area contributed by atoms with Crippen LogP contribution < -0.4 is 14.9 Å². The number of amidine groups is 1. The average Bonchev–Trinajstić information content (AvgIpc) is 3.76. The Bertz CT molecular complexity index is 1910. The molecular weight excluding hydrogens is 813 g/mol. The number of alkyl halides is 2. The third-order valence-corrected chi connectivity index (χ3v) is 9.58. The highest BCUT2D eigenvalue weighted by Gasteiger charge is 2.52. The molecule has 3 heterocycles. The van der Waals surface area contributed by atoms with Crippen LogP contribution in [0, 0.1) is 34.9 Å². The fraction of sp³-hybridized carbons (Fsp3) is 0.394. The highest BCUT2D eigenvalue weighted by molar-refractivity contribution is 7.46. The van der Waals surface area contributed by atoms with Crippen molar-refractivity contribution in [3.05, 3.63) is 91.5 Å². The Morgan fingerprint density at radius 2 is 1.75 bits per heavy atom. The van der Waals surface area contributed by atoms with Crippen LogP contribution in [-0.4, -0.2) is 72.2 Å².